The predicted octanol–water partition coefficient (Wildman–Crippen LogP) is 1.87. The molecule has 0 spiro atoms. The second kappa shape index (κ2) is 11.3. The average molecular weight is 392 g/mol. The van der Waals surface area contributed by atoms with E-state index in [1.807, 2.05) is 30.3 Å². The van der Waals surface area contributed by atoms with Crippen LogP contribution in [0.4, 0.5) is 4.79 Å². The van der Waals surface area contributed by atoms with Crippen LogP contribution in [0.2, 0.25) is 0 Å². The zero-order chi connectivity index (χ0) is 20.4. The van der Waals surface area contributed by atoms with E-state index in [4.69, 9.17) is 14.2 Å². The highest BCUT2D eigenvalue weighted by molar-refractivity contribution is 5.85. The molecule has 154 valence electrons. The highest BCUT2D eigenvalue weighted by Gasteiger charge is 2.27. The molecule has 0 radical (unpaired) electrons. The monoisotopic (exact) mass is 392 g/mol. The fourth-order valence-electron chi connectivity index (χ4n) is 2.91. The molecule has 0 bridgehead atoms. The first-order valence-electron chi connectivity index (χ1n) is 9.52. The standard InChI is InChI=1S/C20H28N2O6/c1-3-26-18(23)14-27-17-9-11-22(12-10-17)19(24)15(2)21-20(25)28-13-16-7-5-4-6-8-16/h4-8,15,17H,3,9-14H2,1-2H3,(H,21,25). The first-order valence-corrected chi connectivity index (χ1v) is 9.52. The maximum absolute atomic E-state index is 12.5. The molecule has 8 heteroatoms. The number of amides is 2. The van der Waals surface area contributed by atoms with Crippen molar-refractivity contribution >= 4 is 18.0 Å². The molecular weight excluding hydrogens is 364 g/mol. The Hall–Kier alpha value is -2.61. The van der Waals surface area contributed by atoms with Gasteiger partial charge in [-0.05, 0) is 32.3 Å². The lowest BCUT2D eigenvalue weighted by Gasteiger charge is -2.33. The van der Waals surface area contributed by atoms with Gasteiger partial charge < -0.3 is 24.4 Å². The summed E-state index contributed by atoms with van der Waals surface area (Å²) in [6.07, 6.45) is 0.567. The Bertz CT molecular complexity index is 643. The maximum Gasteiger partial charge on any atom is 0.408 e. The van der Waals surface area contributed by atoms with Gasteiger partial charge in [-0.15, -0.1) is 0 Å². The third-order valence-electron chi connectivity index (χ3n) is 4.41. The smallest absolute Gasteiger partial charge is 0.408 e. The van der Waals surface area contributed by atoms with Crippen LogP contribution in [0.1, 0.15) is 32.3 Å². The highest BCUT2D eigenvalue weighted by atomic mass is 16.6. The van der Waals surface area contributed by atoms with Gasteiger partial charge in [0.15, 0.2) is 0 Å². The molecule has 1 fully saturated rings. The van der Waals surface area contributed by atoms with Gasteiger partial charge in [0.25, 0.3) is 0 Å². The molecule has 0 aromatic heterocycles. The summed E-state index contributed by atoms with van der Waals surface area (Å²) in [6, 6.07) is 8.65. The zero-order valence-corrected chi connectivity index (χ0v) is 16.4. The van der Waals surface area contributed by atoms with Crippen LogP contribution < -0.4 is 5.32 Å². The van der Waals surface area contributed by atoms with Gasteiger partial charge in [-0.3, -0.25) is 4.79 Å². The van der Waals surface area contributed by atoms with E-state index in [0.29, 0.717) is 32.5 Å². The molecule has 1 N–H and O–H groups in total. The van der Waals surface area contributed by atoms with Crippen LogP contribution in [0, 0.1) is 0 Å². The largest absolute Gasteiger partial charge is 0.464 e. The van der Waals surface area contributed by atoms with Gasteiger partial charge in [-0.2, -0.15) is 0 Å². The van der Waals surface area contributed by atoms with Crippen LogP contribution in [0.5, 0.6) is 0 Å². The minimum atomic E-state index is -0.680. The van der Waals surface area contributed by atoms with Crippen molar-refractivity contribution in [1.82, 2.24) is 10.2 Å². The zero-order valence-electron chi connectivity index (χ0n) is 16.4. The third kappa shape index (κ3) is 7.19. The Morgan fingerprint density at radius 2 is 1.82 bits per heavy atom. The van der Waals surface area contributed by atoms with Crippen molar-refractivity contribution in [3.63, 3.8) is 0 Å². The molecule has 1 aromatic carbocycles. The van der Waals surface area contributed by atoms with Gasteiger partial charge in [0, 0.05) is 13.1 Å². The van der Waals surface area contributed by atoms with Crippen molar-refractivity contribution in [1.29, 1.82) is 0 Å². The molecule has 1 atom stereocenters. The number of nitrogens with zero attached hydrogens (tertiary/aromatic N) is 1. The maximum atomic E-state index is 12.5. The number of ether oxygens (including phenoxy) is 3. The molecule has 28 heavy (non-hydrogen) atoms. The number of esters is 1. The van der Waals surface area contributed by atoms with E-state index >= 15 is 0 Å². The molecule has 0 saturated carbocycles. The number of carbonyl (C=O) groups excluding carboxylic acids is 3. The van der Waals surface area contributed by atoms with E-state index in [2.05, 4.69) is 5.32 Å². The van der Waals surface area contributed by atoms with Crippen LogP contribution in [0.15, 0.2) is 30.3 Å². The van der Waals surface area contributed by atoms with Gasteiger partial charge >= 0.3 is 12.1 Å². The fourth-order valence-corrected chi connectivity index (χ4v) is 2.91. The first kappa shape index (κ1) is 21.7. The molecule has 2 rings (SSSR count). The summed E-state index contributed by atoms with van der Waals surface area (Å²) in [7, 11) is 0. The lowest BCUT2D eigenvalue weighted by Crippen LogP contribution is -2.50. The Labute approximate surface area is 165 Å². The number of piperidine rings is 1. The summed E-state index contributed by atoms with van der Waals surface area (Å²) >= 11 is 0. The Morgan fingerprint density at radius 3 is 2.46 bits per heavy atom. The van der Waals surface area contributed by atoms with E-state index in [0.717, 1.165) is 5.56 Å². The molecule has 8 nitrogen and oxygen atoms in total. The number of alkyl carbamates (subject to hydrolysis) is 1. The molecule has 1 aromatic rings. The molecule has 0 aliphatic carbocycles. The Morgan fingerprint density at radius 1 is 1.14 bits per heavy atom. The predicted molar refractivity (Wildman–Crippen MR) is 101 cm³/mol. The first-order chi connectivity index (χ1) is 13.5. The van der Waals surface area contributed by atoms with E-state index in [1.54, 1.807) is 18.7 Å². The van der Waals surface area contributed by atoms with Crippen molar-refractivity contribution in [2.75, 3.05) is 26.3 Å². The average Bonchev–Trinajstić information content (AvgIpc) is 2.71. The van der Waals surface area contributed by atoms with Gasteiger partial charge in [0.05, 0.1) is 12.7 Å². The van der Waals surface area contributed by atoms with Crippen LogP contribution in [-0.4, -0.2) is 61.3 Å². The minimum Gasteiger partial charge on any atom is -0.464 e. The topological polar surface area (TPSA) is 94.2 Å². The Kier molecular flexibility index (Phi) is 8.74. The van der Waals surface area contributed by atoms with E-state index in [9.17, 15) is 14.4 Å². The second-order valence-electron chi connectivity index (χ2n) is 6.57. The van der Waals surface area contributed by atoms with Crippen LogP contribution in [0.3, 0.4) is 0 Å². The van der Waals surface area contributed by atoms with Crippen molar-refractivity contribution < 1.29 is 28.6 Å². The molecule has 1 aliphatic rings. The lowest BCUT2D eigenvalue weighted by atomic mass is 10.1. The quantitative estimate of drug-likeness (QED) is 0.679. The van der Waals surface area contributed by atoms with Crippen LogP contribution in [0.25, 0.3) is 0 Å². The number of nitrogens with one attached hydrogen (secondary N) is 1. The normalized spacial score (nSPS) is 15.6. The Balaban J connectivity index is 1.67. The molecule has 1 unspecified atom stereocenters. The number of rotatable bonds is 8. The van der Waals surface area contributed by atoms with E-state index in [-0.39, 0.29) is 31.2 Å². The molecule has 1 aliphatic heterocycles. The van der Waals surface area contributed by atoms with Crippen molar-refractivity contribution in [3.05, 3.63) is 35.9 Å². The van der Waals surface area contributed by atoms with E-state index < -0.39 is 12.1 Å². The van der Waals surface area contributed by atoms with Crippen LogP contribution in [-0.2, 0) is 30.4 Å². The fraction of sp³-hybridized carbons (Fsp3) is 0.550. The SMILES string of the molecule is CCOC(=O)COC1CCN(C(=O)C(C)NC(=O)OCc2ccccc2)CC1. The lowest BCUT2D eigenvalue weighted by molar-refractivity contribution is -0.152. The molecule has 1 saturated heterocycles. The van der Waals surface area contributed by atoms with Gasteiger partial charge in [0.1, 0.15) is 19.3 Å². The molecule has 1 heterocycles. The number of hydrogen-bond acceptors (Lipinski definition) is 6. The van der Waals surface area contributed by atoms with Crippen LogP contribution >= 0.6 is 0 Å². The van der Waals surface area contributed by atoms with Gasteiger partial charge in [-0.25, -0.2) is 9.59 Å². The number of hydrogen-bond donors (Lipinski definition) is 1. The van der Waals surface area contributed by atoms with Gasteiger partial charge in [-0.1, -0.05) is 30.3 Å². The summed E-state index contributed by atoms with van der Waals surface area (Å²) in [5, 5.41) is 2.57. The van der Waals surface area contributed by atoms with Crippen molar-refractivity contribution in [3.8, 4) is 0 Å². The number of carbonyl (C=O) groups is 3. The second-order valence-corrected chi connectivity index (χ2v) is 6.57. The van der Waals surface area contributed by atoms with Crippen molar-refractivity contribution in [2.24, 2.45) is 0 Å². The number of likely N-dealkylation sites (tertiary alicyclic amines) is 1. The summed E-state index contributed by atoms with van der Waals surface area (Å²) in [5.74, 6) is -0.548. The number of benzene rings is 1. The summed E-state index contributed by atoms with van der Waals surface area (Å²) < 4.78 is 15.5. The summed E-state index contributed by atoms with van der Waals surface area (Å²) in [5.41, 5.74) is 0.876. The van der Waals surface area contributed by atoms with Gasteiger partial charge in [0.2, 0.25) is 5.91 Å². The van der Waals surface area contributed by atoms with Crippen molar-refractivity contribution in [2.45, 2.75) is 45.4 Å². The molecular formula is C20H28N2O6. The summed E-state index contributed by atoms with van der Waals surface area (Å²) in [6.45, 7) is 4.81. The summed E-state index contributed by atoms with van der Waals surface area (Å²) in [4.78, 5) is 37.4. The third-order valence-corrected chi connectivity index (χ3v) is 4.41. The minimum absolute atomic E-state index is 0.0718. The molecule has 2 amide bonds. The van der Waals surface area contributed by atoms with E-state index in [1.165, 1.54) is 0 Å². The highest BCUT2D eigenvalue weighted by Crippen LogP contribution is 2.15.